The number of hydrogen-bond acceptors (Lipinski definition) is 4. The molecule has 0 fully saturated rings. The normalized spacial score (nSPS) is 12.6. The molecule has 0 spiro atoms. The Kier molecular flexibility index (Phi) is 6.57. The van der Waals surface area contributed by atoms with Crippen LogP contribution in [0.25, 0.3) is 6.08 Å². The lowest BCUT2D eigenvalue weighted by molar-refractivity contribution is 0.445. The molecule has 0 aromatic heterocycles. The number of rotatable bonds is 8. The molecule has 0 unspecified atom stereocenters. The molecule has 0 heterocycles. The van der Waals surface area contributed by atoms with E-state index >= 15 is 0 Å². The second kappa shape index (κ2) is 8.48. The fourth-order valence-corrected chi connectivity index (χ4v) is 4.67. The maximum absolute atomic E-state index is 12.4. The van der Waals surface area contributed by atoms with Crippen LogP contribution in [0.1, 0.15) is 19.4 Å². The van der Waals surface area contributed by atoms with Gasteiger partial charge in [0.2, 0.25) is 10.0 Å². The van der Waals surface area contributed by atoms with Gasteiger partial charge in [0, 0.05) is 18.8 Å². The summed E-state index contributed by atoms with van der Waals surface area (Å²) in [7, 11) is -7.26. The van der Waals surface area contributed by atoms with Crippen LogP contribution in [0.5, 0.6) is 0 Å². The van der Waals surface area contributed by atoms with Crippen LogP contribution in [0, 0.1) is 0 Å². The Balaban J connectivity index is 2.15. The quantitative estimate of drug-likeness (QED) is 0.746. The van der Waals surface area contributed by atoms with E-state index in [1.165, 1.54) is 34.6 Å². The summed E-state index contributed by atoms with van der Waals surface area (Å²) in [5, 5.41) is 1.07. The molecule has 0 aliphatic rings. The van der Waals surface area contributed by atoms with Crippen LogP contribution in [-0.4, -0.2) is 34.2 Å². The zero-order chi connectivity index (χ0) is 19.2. The lowest BCUT2D eigenvalue weighted by Gasteiger charge is -2.18. The molecule has 0 saturated carbocycles. The van der Waals surface area contributed by atoms with Gasteiger partial charge in [-0.3, -0.25) is 4.72 Å². The summed E-state index contributed by atoms with van der Waals surface area (Å²) < 4.78 is 52.9. The van der Waals surface area contributed by atoms with E-state index in [1.54, 1.807) is 26.0 Å². The van der Waals surface area contributed by atoms with Crippen LogP contribution in [0.15, 0.2) is 64.9 Å². The first-order valence-corrected chi connectivity index (χ1v) is 11.1. The third-order valence-electron chi connectivity index (χ3n) is 3.70. The fourth-order valence-electron chi connectivity index (χ4n) is 2.34. The van der Waals surface area contributed by atoms with Gasteiger partial charge in [-0.1, -0.05) is 44.2 Å². The number of sulfonamides is 2. The number of nitrogens with zero attached hydrogens (tertiary/aromatic N) is 1. The van der Waals surface area contributed by atoms with Gasteiger partial charge in [-0.05, 0) is 35.9 Å². The minimum atomic E-state index is -3.70. The molecular weight excluding hydrogens is 372 g/mol. The molecule has 6 nitrogen and oxygen atoms in total. The van der Waals surface area contributed by atoms with Crippen molar-refractivity contribution < 1.29 is 16.8 Å². The van der Waals surface area contributed by atoms with E-state index in [0.29, 0.717) is 18.8 Å². The largest absolute Gasteiger partial charge is 0.280 e. The molecule has 2 rings (SSSR count). The van der Waals surface area contributed by atoms with Crippen LogP contribution < -0.4 is 4.72 Å². The molecule has 2 aromatic carbocycles. The minimum absolute atomic E-state index is 0.129. The van der Waals surface area contributed by atoms with E-state index in [0.717, 1.165) is 11.0 Å². The smallest absolute Gasteiger partial charge is 0.255 e. The van der Waals surface area contributed by atoms with Crippen LogP contribution in [0.3, 0.4) is 0 Å². The highest BCUT2D eigenvalue weighted by molar-refractivity contribution is 7.95. The zero-order valence-corrected chi connectivity index (χ0v) is 16.3. The van der Waals surface area contributed by atoms with Gasteiger partial charge in [0.15, 0.2) is 0 Å². The predicted octanol–water partition coefficient (Wildman–Crippen LogP) is 3.13. The van der Waals surface area contributed by atoms with Crippen LogP contribution in [-0.2, 0) is 20.0 Å². The Labute approximate surface area is 155 Å². The molecule has 0 amide bonds. The summed E-state index contributed by atoms with van der Waals surface area (Å²) in [5.41, 5.74) is 1.06. The van der Waals surface area contributed by atoms with Gasteiger partial charge in [0.1, 0.15) is 0 Å². The fraction of sp³-hybridized carbons (Fsp3) is 0.222. The van der Waals surface area contributed by atoms with Gasteiger partial charge in [0.25, 0.3) is 10.0 Å². The summed E-state index contributed by atoms with van der Waals surface area (Å²) in [6.45, 7) is 4.28. The highest BCUT2D eigenvalue weighted by Gasteiger charge is 2.21. The standard InChI is InChI=1S/C18H22N2O4S2/c1-3-20(4-2)26(23,24)18-12-10-17(11-13-18)19-25(21,22)15-14-16-8-6-5-7-9-16/h5-15,19H,3-4H2,1-2H3/b15-14+. The van der Waals surface area contributed by atoms with Gasteiger partial charge in [-0.25, -0.2) is 16.8 Å². The minimum Gasteiger partial charge on any atom is -0.280 e. The molecule has 1 N–H and O–H groups in total. The molecule has 2 aromatic rings. The van der Waals surface area contributed by atoms with E-state index in [1.807, 2.05) is 18.2 Å². The molecule has 26 heavy (non-hydrogen) atoms. The van der Waals surface area contributed by atoms with Crippen molar-refractivity contribution in [3.05, 3.63) is 65.6 Å². The monoisotopic (exact) mass is 394 g/mol. The van der Waals surface area contributed by atoms with Crippen molar-refractivity contribution in [2.24, 2.45) is 0 Å². The molecule has 0 aliphatic carbocycles. The van der Waals surface area contributed by atoms with Crippen molar-refractivity contribution in [1.82, 2.24) is 4.31 Å². The Bertz CT molecular complexity index is 948. The molecule has 8 heteroatoms. The summed E-state index contributed by atoms with van der Waals surface area (Å²) in [5.74, 6) is 0. The average Bonchev–Trinajstić information content (AvgIpc) is 2.62. The Morgan fingerprint density at radius 2 is 1.46 bits per heavy atom. The second-order valence-corrected chi connectivity index (χ2v) is 8.98. The molecule has 0 saturated heterocycles. The average molecular weight is 395 g/mol. The van der Waals surface area contributed by atoms with Gasteiger partial charge in [-0.15, -0.1) is 0 Å². The van der Waals surface area contributed by atoms with E-state index in [2.05, 4.69) is 4.72 Å². The maximum atomic E-state index is 12.4. The van der Waals surface area contributed by atoms with Gasteiger partial charge >= 0.3 is 0 Å². The van der Waals surface area contributed by atoms with Crippen molar-refractivity contribution in [3.8, 4) is 0 Å². The number of nitrogens with one attached hydrogen (secondary N) is 1. The topological polar surface area (TPSA) is 83.6 Å². The van der Waals surface area contributed by atoms with Crippen LogP contribution in [0.2, 0.25) is 0 Å². The summed E-state index contributed by atoms with van der Waals surface area (Å²) in [6.07, 6.45) is 1.49. The van der Waals surface area contributed by atoms with Crippen molar-refractivity contribution in [3.63, 3.8) is 0 Å². The first-order valence-electron chi connectivity index (χ1n) is 8.14. The first kappa shape index (κ1) is 20.2. The van der Waals surface area contributed by atoms with Crippen molar-refractivity contribution in [2.75, 3.05) is 17.8 Å². The SMILES string of the molecule is CCN(CC)S(=O)(=O)c1ccc(NS(=O)(=O)/C=C/c2ccccc2)cc1. The van der Waals surface area contributed by atoms with Crippen molar-refractivity contribution >= 4 is 31.8 Å². The number of hydrogen-bond donors (Lipinski definition) is 1. The molecule has 0 aliphatic heterocycles. The molecule has 0 atom stereocenters. The molecule has 0 bridgehead atoms. The van der Waals surface area contributed by atoms with Crippen molar-refractivity contribution in [1.29, 1.82) is 0 Å². The highest BCUT2D eigenvalue weighted by atomic mass is 32.2. The van der Waals surface area contributed by atoms with Crippen LogP contribution in [0.4, 0.5) is 5.69 Å². The van der Waals surface area contributed by atoms with Gasteiger partial charge in [0.05, 0.1) is 10.3 Å². The van der Waals surface area contributed by atoms with E-state index in [4.69, 9.17) is 0 Å². The first-order chi connectivity index (χ1) is 12.3. The second-order valence-electron chi connectivity index (χ2n) is 5.47. The lowest BCUT2D eigenvalue weighted by Crippen LogP contribution is -2.30. The summed E-state index contributed by atoms with van der Waals surface area (Å²) in [6, 6.07) is 14.7. The highest BCUT2D eigenvalue weighted by Crippen LogP contribution is 2.19. The summed E-state index contributed by atoms with van der Waals surface area (Å²) >= 11 is 0. The molecule has 140 valence electrons. The number of benzene rings is 2. The van der Waals surface area contributed by atoms with E-state index in [-0.39, 0.29) is 4.90 Å². The third kappa shape index (κ3) is 5.17. The Morgan fingerprint density at radius 1 is 0.885 bits per heavy atom. The van der Waals surface area contributed by atoms with Crippen molar-refractivity contribution in [2.45, 2.75) is 18.7 Å². The third-order valence-corrected chi connectivity index (χ3v) is 6.78. The predicted molar refractivity (Wildman–Crippen MR) is 105 cm³/mol. The van der Waals surface area contributed by atoms with Crippen LogP contribution >= 0.6 is 0 Å². The number of anilines is 1. The molecular formula is C18H22N2O4S2. The van der Waals surface area contributed by atoms with Gasteiger partial charge < -0.3 is 0 Å². The van der Waals surface area contributed by atoms with Gasteiger partial charge in [-0.2, -0.15) is 4.31 Å². The summed E-state index contributed by atoms with van der Waals surface area (Å²) in [4.78, 5) is 0.129. The maximum Gasteiger partial charge on any atom is 0.255 e. The van der Waals surface area contributed by atoms with E-state index < -0.39 is 20.0 Å². The Morgan fingerprint density at radius 3 is 2.00 bits per heavy atom. The lowest BCUT2D eigenvalue weighted by atomic mass is 10.2. The Hall–Kier alpha value is -2.16. The zero-order valence-electron chi connectivity index (χ0n) is 14.7. The molecule has 0 radical (unpaired) electrons. The van der Waals surface area contributed by atoms with E-state index in [9.17, 15) is 16.8 Å².